The molecule has 0 aliphatic carbocycles. The molecule has 0 aliphatic rings. The number of fused-ring (bicyclic) bond motifs is 2. The number of unbranched alkanes of at least 4 members (excludes halogenated alkanes) is 2. The van der Waals surface area contributed by atoms with Crippen LogP contribution < -0.4 is 9.47 Å². The molecule has 3 aromatic rings. The highest BCUT2D eigenvalue weighted by Crippen LogP contribution is 2.50. The summed E-state index contributed by atoms with van der Waals surface area (Å²) in [5.74, 6) is 2.89. The van der Waals surface area contributed by atoms with E-state index in [2.05, 4.69) is 49.7 Å². The molecule has 0 N–H and O–H groups in total. The molecular weight excluding hydrogens is 516 g/mol. The van der Waals surface area contributed by atoms with Gasteiger partial charge in [-0.2, -0.15) is 0 Å². The maximum atomic E-state index is 11.7. The molecule has 0 saturated carbocycles. The van der Waals surface area contributed by atoms with E-state index in [1.165, 1.54) is 49.9 Å². The fraction of sp³-hybridized carbons (Fsp3) is 0.593. The Bertz CT molecular complexity index is 964. The number of hydrogen-bond donors (Lipinski definition) is 0. The van der Waals surface area contributed by atoms with E-state index >= 15 is 0 Å². The van der Waals surface area contributed by atoms with Crippen LogP contribution in [-0.2, 0) is 0 Å². The summed E-state index contributed by atoms with van der Waals surface area (Å²) >= 11 is 6.89. The van der Waals surface area contributed by atoms with Gasteiger partial charge in [-0.1, -0.05) is 66.2 Å². The molecule has 1 aromatic carbocycles. The van der Waals surface area contributed by atoms with Crippen LogP contribution in [0.25, 0.3) is 20.2 Å². The number of benzene rings is 1. The molecule has 0 radical (unpaired) electrons. The average Bonchev–Trinajstić information content (AvgIpc) is 3.43. The predicted molar refractivity (Wildman–Crippen MR) is 148 cm³/mol. The van der Waals surface area contributed by atoms with Gasteiger partial charge in [-0.05, 0) is 52.7 Å². The third-order valence-electron chi connectivity index (χ3n) is 6.48. The van der Waals surface area contributed by atoms with E-state index in [0.29, 0.717) is 29.9 Å². The van der Waals surface area contributed by atoms with Crippen molar-refractivity contribution >= 4 is 65.1 Å². The first-order chi connectivity index (χ1) is 16.1. The number of thiophene rings is 2. The van der Waals surface area contributed by atoms with Crippen LogP contribution in [-0.4, -0.2) is 19.5 Å². The molecule has 0 aliphatic heterocycles. The summed E-state index contributed by atoms with van der Waals surface area (Å²) in [5, 5.41) is 2.09. The van der Waals surface area contributed by atoms with Crippen molar-refractivity contribution in [3.63, 3.8) is 0 Å². The normalized spacial score (nSPS) is 13.5. The van der Waals surface area contributed by atoms with Crippen LogP contribution in [0.1, 0.15) is 88.7 Å². The summed E-state index contributed by atoms with van der Waals surface area (Å²) in [6, 6.07) is 4.12. The molecule has 0 bridgehead atoms. The lowest BCUT2D eigenvalue weighted by molar-refractivity contribution is 0.112. The third-order valence-corrected chi connectivity index (χ3v) is 9.18. The first-order valence-electron chi connectivity index (χ1n) is 12.4. The van der Waals surface area contributed by atoms with Crippen LogP contribution in [0, 0.1) is 11.8 Å². The SMILES string of the molecule is CCCCC(CC)COc1c2cc(C=O)sc2c(OCC(CC)CCCC)c2cc(Br)sc12. The standard InChI is InChI=1S/C27H37BrO3S2/c1-5-9-11-18(7-3)16-30-24-21-13-20(15-29)32-26(21)25(22-14-23(28)33-27(22)24)31-17-19(8-4)12-10-6-2/h13-15,18-19H,5-12,16-17H2,1-4H3. The lowest BCUT2D eigenvalue weighted by Gasteiger charge is -2.19. The van der Waals surface area contributed by atoms with Gasteiger partial charge >= 0.3 is 0 Å². The molecule has 2 atom stereocenters. The van der Waals surface area contributed by atoms with Gasteiger partial charge < -0.3 is 9.47 Å². The smallest absolute Gasteiger partial charge is 0.160 e. The van der Waals surface area contributed by atoms with E-state index in [9.17, 15) is 4.79 Å². The Kier molecular flexibility index (Phi) is 10.5. The fourth-order valence-corrected chi connectivity index (χ4v) is 6.83. The fourth-order valence-electron chi connectivity index (χ4n) is 4.23. The second-order valence-corrected chi connectivity index (χ2v) is 12.4. The van der Waals surface area contributed by atoms with Crippen molar-refractivity contribution in [2.45, 2.75) is 79.1 Å². The molecule has 6 heteroatoms. The Morgan fingerprint density at radius 1 is 0.848 bits per heavy atom. The Labute approximate surface area is 215 Å². The van der Waals surface area contributed by atoms with Crippen molar-refractivity contribution in [2.24, 2.45) is 11.8 Å². The largest absolute Gasteiger partial charge is 0.491 e. The number of halogens is 1. The lowest BCUT2D eigenvalue weighted by Crippen LogP contribution is -2.12. The molecular formula is C27H37BrO3S2. The summed E-state index contributed by atoms with van der Waals surface area (Å²) in [5.41, 5.74) is 0. The Morgan fingerprint density at radius 2 is 1.36 bits per heavy atom. The third kappa shape index (κ3) is 6.52. The monoisotopic (exact) mass is 552 g/mol. The van der Waals surface area contributed by atoms with Crippen LogP contribution in [0.4, 0.5) is 0 Å². The molecule has 0 saturated heterocycles. The Hall–Kier alpha value is -1.11. The number of hydrogen-bond acceptors (Lipinski definition) is 5. The predicted octanol–water partition coefficient (Wildman–Crippen LogP) is 9.88. The highest BCUT2D eigenvalue weighted by molar-refractivity contribution is 9.11. The van der Waals surface area contributed by atoms with Crippen LogP contribution in [0.15, 0.2) is 15.9 Å². The van der Waals surface area contributed by atoms with E-state index in [1.807, 2.05) is 6.07 Å². The van der Waals surface area contributed by atoms with Crippen molar-refractivity contribution in [1.82, 2.24) is 0 Å². The molecule has 2 heterocycles. The number of rotatable bonds is 15. The quantitative estimate of drug-likeness (QED) is 0.176. The van der Waals surface area contributed by atoms with Crippen molar-refractivity contribution in [1.29, 1.82) is 0 Å². The van der Waals surface area contributed by atoms with Crippen LogP contribution in [0.3, 0.4) is 0 Å². The van der Waals surface area contributed by atoms with E-state index in [1.54, 1.807) is 11.3 Å². The van der Waals surface area contributed by atoms with Gasteiger partial charge in [-0.25, -0.2) is 0 Å². The molecule has 0 spiro atoms. The zero-order chi connectivity index (χ0) is 23.8. The summed E-state index contributed by atoms with van der Waals surface area (Å²) < 4.78 is 16.3. The first-order valence-corrected chi connectivity index (χ1v) is 14.9. The Morgan fingerprint density at radius 3 is 1.85 bits per heavy atom. The van der Waals surface area contributed by atoms with Crippen molar-refractivity contribution in [2.75, 3.05) is 13.2 Å². The number of carbonyl (C=O) groups excluding carboxylic acids is 1. The van der Waals surface area contributed by atoms with Crippen molar-refractivity contribution < 1.29 is 14.3 Å². The van der Waals surface area contributed by atoms with E-state index in [0.717, 1.165) is 54.6 Å². The molecule has 2 unspecified atom stereocenters. The summed E-state index contributed by atoms with van der Waals surface area (Å²) in [4.78, 5) is 12.4. The second-order valence-electron chi connectivity index (χ2n) is 8.92. The van der Waals surface area contributed by atoms with Crippen LogP contribution in [0.5, 0.6) is 11.5 Å². The highest BCUT2D eigenvalue weighted by atomic mass is 79.9. The van der Waals surface area contributed by atoms with E-state index in [4.69, 9.17) is 9.47 Å². The van der Waals surface area contributed by atoms with E-state index in [-0.39, 0.29) is 0 Å². The average molecular weight is 554 g/mol. The lowest BCUT2D eigenvalue weighted by atomic mass is 10.0. The zero-order valence-corrected chi connectivity index (χ0v) is 23.6. The van der Waals surface area contributed by atoms with Gasteiger partial charge in [0.2, 0.25) is 0 Å². The van der Waals surface area contributed by atoms with Gasteiger partial charge in [0.1, 0.15) is 11.5 Å². The minimum atomic E-state index is 0.544. The second kappa shape index (κ2) is 13.1. The molecule has 33 heavy (non-hydrogen) atoms. The number of ether oxygens (including phenoxy) is 2. The minimum absolute atomic E-state index is 0.544. The molecule has 3 nitrogen and oxygen atoms in total. The van der Waals surface area contributed by atoms with Gasteiger partial charge in [0.25, 0.3) is 0 Å². The Balaban J connectivity index is 2.01. The number of carbonyl (C=O) groups is 1. The molecule has 0 amide bonds. The van der Waals surface area contributed by atoms with Gasteiger partial charge in [0.05, 0.1) is 31.3 Å². The van der Waals surface area contributed by atoms with Crippen LogP contribution in [0.2, 0.25) is 0 Å². The molecule has 2 aromatic heterocycles. The number of aldehydes is 1. The van der Waals surface area contributed by atoms with Gasteiger partial charge in [0.15, 0.2) is 6.29 Å². The maximum Gasteiger partial charge on any atom is 0.160 e. The van der Waals surface area contributed by atoms with Crippen molar-refractivity contribution in [3.8, 4) is 11.5 Å². The maximum absolute atomic E-state index is 11.7. The summed E-state index contributed by atoms with van der Waals surface area (Å²) in [6.07, 6.45) is 10.4. The highest BCUT2D eigenvalue weighted by Gasteiger charge is 2.23. The van der Waals surface area contributed by atoms with Crippen LogP contribution >= 0.6 is 38.6 Å². The molecule has 3 rings (SSSR count). The molecule has 0 fully saturated rings. The van der Waals surface area contributed by atoms with Crippen molar-refractivity contribution in [3.05, 3.63) is 20.8 Å². The van der Waals surface area contributed by atoms with Gasteiger partial charge in [0, 0.05) is 10.8 Å². The summed E-state index contributed by atoms with van der Waals surface area (Å²) in [7, 11) is 0. The summed E-state index contributed by atoms with van der Waals surface area (Å²) in [6.45, 7) is 10.4. The topological polar surface area (TPSA) is 35.5 Å². The zero-order valence-electron chi connectivity index (χ0n) is 20.4. The first kappa shape index (κ1) is 26.5. The van der Waals surface area contributed by atoms with Gasteiger partial charge in [-0.3, -0.25) is 4.79 Å². The van der Waals surface area contributed by atoms with Gasteiger partial charge in [-0.15, -0.1) is 22.7 Å². The van der Waals surface area contributed by atoms with E-state index < -0.39 is 0 Å². The molecule has 182 valence electrons. The minimum Gasteiger partial charge on any atom is -0.491 e.